The zero-order chi connectivity index (χ0) is 34.9. The number of aromatic nitrogens is 2. The number of H-pyrrole nitrogens is 1. The number of nitrogens with one attached hydrogen (secondary N) is 3. The summed E-state index contributed by atoms with van der Waals surface area (Å²) in [6, 6.07) is 8.55. The van der Waals surface area contributed by atoms with Crippen molar-refractivity contribution in [1.29, 1.82) is 0 Å². The Morgan fingerprint density at radius 2 is 1.57 bits per heavy atom. The third-order valence-electron chi connectivity index (χ3n) is 10.3. The van der Waals surface area contributed by atoms with Gasteiger partial charge in [0.2, 0.25) is 5.91 Å². The number of alkyl halides is 3. The lowest BCUT2D eigenvalue weighted by Crippen LogP contribution is -2.57. The maximum absolute atomic E-state index is 14.1. The molecule has 1 aromatic heterocycles. The second-order valence-corrected chi connectivity index (χ2v) is 13.8. The summed E-state index contributed by atoms with van der Waals surface area (Å²) in [6.07, 6.45) is -2.19. The number of piperazine rings is 1. The minimum absolute atomic E-state index is 0.111. The van der Waals surface area contributed by atoms with E-state index in [-0.39, 0.29) is 40.3 Å². The second kappa shape index (κ2) is 14.6. The highest BCUT2D eigenvalue weighted by atomic mass is 35.5. The molecule has 3 aliphatic heterocycles. The zero-order valence-corrected chi connectivity index (χ0v) is 28.6. The van der Waals surface area contributed by atoms with Gasteiger partial charge >= 0.3 is 17.9 Å². The summed E-state index contributed by atoms with van der Waals surface area (Å²) in [5.41, 5.74) is 0.370. The van der Waals surface area contributed by atoms with Gasteiger partial charge in [0, 0.05) is 77.9 Å². The summed E-state index contributed by atoms with van der Waals surface area (Å²) in [5, 5.41) is 5.28. The second-order valence-electron chi connectivity index (χ2n) is 13.4. The predicted molar refractivity (Wildman–Crippen MR) is 183 cm³/mol. The molecule has 0 saturated carbocycles. The molecular formula is C34H44ClF3N8O3. The van der Waals surface area contributed by atoms with Gasteiger partial charge in [0.25, 0.3) is 0 Å². The number of urea groups is 1. The van der Waals surface area contributed by atoms with Crippen molar-refractivity contribution in [2.24, 2.45) is 0 Å². The van der Waals surface area contributed by atoms with Crippen LogP contribution in [0.3, 0.4) is 0 Å². The minimum atomic E-state index is -4.68. The number of piperidine rings is 2. The number of hydrogen-bond donors (Lipinski definition) is 3. The maximum Gasteiger partial charge on any atom is 0.418 e. The number of likely N-dealkylation sites (N-methyl/N-ethyl adjacent to an activating group) is 1. The lowest BCUT2D eigenvalue weighted by atomic mass is 9.98. The number of carbonyl (C=O) groups excluding carboxylic acids is 2. The Morgan fingerprint density at radius 3 is 2.22 bits per heavy atom. The molecular weight excluding hydrogens is 661 g/mol. The van der Waals surface area contributed by atoms with Crippen LogP contribution in [0.4, 0.5) is 23.7 Å². The van der Waals surface area contributed by atoms with Crippen molar-refractivity contribution in [3.05, 3.63) is 63.0 Å². The molecule has 3 fully saturated rings. The Kier molecular flexibility index (Phi) is 10.5. The average Bonchev–Trinajstić information content (AvgIpc) is 3.43. The first kappa shape index (κ1) is 35.1. The molecule has 266 valence electrons. The smallest absolute Gasteiger partial charge is 0.386 e. The summed E-state index contributed by atoms with van der Waals surface area (Å²) in [6.45, 7) is 5.65. The van der Waals surface area contributed by atoms with Crippen molar-refractivity contribution >= 4 is 40.3 Å². The molecule has 0 spiro atoms. The molecule has 3 aromatic rings. The number of hydrogen-bond acceptors (Lipinski definition) is 6. The molecule has 1 atom stereocenters. The lowest BCUT2D eigenvalue weighted by Gasteiger charge is -2.42. The van der Waals surface area contributed by atoms with Crippen molar-refractivity contribution in [3.8, 4) is 0 Å². The van der Waals surface area contributed by atoms with Gasteiger partial charge in [-0.05, 0) is 62.6 Å². The van der Waals surface area contributed by atoms with Crippen LogP contribution in [0.5, 0.6) is 0 Å². The third-order valence-corrected chi connectivity index (χ3v) is 10.6. The van der Waals surface area contributed by atoms with E-state index < -0.39 is 23.8 Å². The molecule has 4 heterocycles. The first-order chi connectivity index (χ1) is 23.4. The van der Waals surface area contributed by atoms with Crippen LogP contribution >= 0.6 is 11.6 Å². The summed E-state index contributed by atoms with van der Waals surface area (Å²) in [7, 11) is 3.48. The molecule has 3 saturated heterocycles. The molecule has 11 nitrogen and oxygen atoms in total. The van der Waals surface area contributed by atoms with E-state index in [1.807, 2.05) is 24.3 Å². The van der Waals surface area contributed by atoms with Crippen molar-refractivity contribution < 1.29 is 22.8 Å². The van der Waals surface area contributed by atoms with Crippen molar-refractivity contribution in [2.75, 3.05) is 71.8 Å². The predicted octanol–water partition coefficient (Wildman–Crippen LogP) is 4.24. The normalized spacial score (nSPS) is 19.7. The van der Waals surface area contributed by atoms with Crippen molar-refractivity contribution in [3.63, 3.8) is 0 Å². The number of likely N-dealkylation sites (tertiary alicyclic amines) is 2. The van der Waals surface area contributed by atoms with Gasteiger partial charge in [-0.25, -0.2) is 9.59 Å². The van der Waals surface area contributed by atoms with E-state index in [4.69, 9.17) is 11.6 Å². The van der Waals surface area contributed by atoms with E-state index in [1.54, 1.807) is 14.4 Å². The quantitative estimate of drug-likeness (QED) is 0.340. The largest absolute Gasteiger partial charge is 0.418 e. The number of imidazole rings is 1. The number of fused-ring (bicyclic) bond motifs is 1. The van der Waals surface area contributed by atoms with Crippen LogP contribution in [0.2, 0.25) is 5.02 Å². The number of benzene rings is 2. The molecule has 3 N–H and O–H groups in total. The molecule has 0 aliphatic carbocycles. The SMILES string of the molecule is CNc1c(Cl)cc(C[C@@H](NC(=O)N2CCC(n3c(=O)[nH]c4ccccc43)CC2)C(=O)N2CCC(N3CCN(C)CC3)CC2)cc1C(F)(F)F. The summed E-state index contributed by atoms with van der Waals surface area (Å²) < 4.78 is 43.8. The fraction of sp³-hybridized carbons (Fsp3) is 0.559. The number of nitrogens with zero attached hydrogens (tertiary/aromatic N) is 5. The lowest BCUT2D eigenvalue weighted by molar-refractivity contribution is -0.137. The first-order valence-electron chi connectivity index (χ1n) is 17.0. The molecule has 0 radical (unpaired) electrons. The highest BCUT2D eigenvalue weighted by molar-refractivity contribution is 6.33. The molecule has 0 unspecified atom stereocenters. The van der Waals surface area contributed by atoms with Crippen molar-refractivity contribution in [2.45, 2.75) is 56.4 Å². The van der Waals surface area contributed by atoms with Crippen molar-refractivity contribution in [1.82, 2.24) is 34.5 Å². The number of para-hydroxylation sites is 2. The van der Waals surface area contributed by atoms with E-state index in [1.165, 1.54) is 13.1 Å². The van der Waals surface area contributed by atoms with Gasteiger partial charge < -0.3 is 30.3 Å². The number of amides is 3. The number of anilines is 1. The number of halogens is 4. The van der Waals surface area contributed by atoms with Crippen LogP contribution in [-0.4, -0.2) is 120 Å². The van der Waals surface area contributed by atoms with E-state index in [0.29, 0.717) is 45.1 Å². The molecule has 2 aromatic carbocycles. The van der Waals surface area contributed by atoms with Crippen LogP contribution in [0.25, 0.3) is 11.0 Å². The Balaban J connectivity index is 1.17. The Labute approximate surface area is 288 Å². The number of aromatic amines is 1. The van der Waals surface area contributed by atoms with Gasteiger partial charge in [0.1, 0.15) is 6.04 Å². The summed E-state index contributed by atoms with van der Waals surface area (Å²) in [4.78, 5) is 51.5. The molecule has 6 rings (SSSR count). The molecule has 3 aliphatic rings. The third kappa shape index (κ3) is 7.71. The zero-order valence-electron chi connectivity index (χ0n) is 27.9. The van der Waals surface area contributed by atoms with Crippen LogP contribution in [0.15, 0.2) is 41.2 Å². The Hall–Kier alpha value is -3.75. The number of carbonyl (C=O) groups is 2. The topological polar surface area (TPSA) is 109 Å². The van der Waals surface area contributed by atoms with E-state index in [0.717, 1.165) is 56.1 Å². The van der Waals surface area contributed by atoms with Crippen LogP contribution < -0.4 is 16.3 Å². The fourth-order valence-corrected chi connectivity index (χ4v) is 7.89. The van der Waals surface area contributed by atoms with Crippen LogP contribution in [0.1, 0.15) is 42.9 Å². The summed E-state index contributed by atoms with van der Waals surface area (Å²) in [5.74, 6) is -0.326. The Bertz CT molecular complexity index is 1700. The average molecular weight is 705 g/mol. The molecule has 15 heteroatoms. The van der Waals surface area contributed by atoms with Crippen LogP contribution in [0, 0.1) is 0 Å². The van der Waals surface area contributed by atoms with Gasteiger partial charge in [0.05, 0.1) is 27.3 Å². The monoisotopic (exact) mass is 704 g/mol. The van der Waals surface area contributed by atoms with Gasteiger partial charge in [-0.15, -0.1) is 0 Å². The highest BCUT2D eigenvalue weighted by Gasteiger charge is 2.37. The molecule has 0 bridgehead atoms. The summed E-state index contributed by atoms with van der Waals surface area (Å²) >= 11 is 6.29. The van der Waals surface area contributed by atoms with Gasteiger partial charge in [-0.2, -0.15) is 13.2 Å². The highest BCUT2D eigenvalue weighted by Crippen LogP contribution is 2.39. The molecule has 3 amide bonds. The maximum atomic E-state index is 14.1. The van der Waals surface area contributed by atoms with Crippen LogP contribution in [-0.2, 0) is 17.4 Å². The van der Waals surface area contributed by atoms with Gasteiger partial charge in [-0.3, -0.25) is 14.3 Å². The van der Waals surface area contributed by atoms with E-state index in [9.17, 15) is 27.6 Å². The standard InChI is InChI=1S/C34H44ClF3N8O3/c1-39-30-25(34(36,37)38)19-22(20-26(30)35)21-28(31(47)44-11-7-23(8-12-44)43-17-15-42(2)16-18-43)41-32(48)45-13-9-24(10-14-45)46-29-6-4-3-5-27(29)40-33(46)49/h3-6,19-20,23-24,28,39H,7-18,21H2,1-2H3,(H,40,49)(H,41,48)/t28-/m1/s1. The Morgan fingerprint density at radius 1 is 0.939 bits per heavy atom. The fourth-order valence-electron chi connectivity index (χ4n) is 7.56. The molecule has 49 heavy (non-hydrogen) atoms. The number of rotatable bonds is 7. The van der Waals surface area contributed by atoms with Gasteiger partial charge in [-0.1, -0.05) is 23.7 Å². The minimum Gasteiger partial charge on any atom is -0.386 e. The van der Waals surface area contributed by atoms with E-state index in [2.05, 4.69) is 32.5 Å². The van der Waals surface area contributed by atoms with Gasteiger partial charge in [0.15, 0.2) is 0 Å². The van der Waals surface area contributed by atoms with E-state index >= 15 is 0 Å². The first-order valence-corrected chi connectivity index (χ1v) is 17.3.